The minimum absolute atomic E-state index is 0.0320. The maximum absolute atomic E-state index is 12.3. The van der Waals surface area contributed by atoms with Crippen LogP contribution < -0.4 is 16.0 Å². The molecule has 0 saturated carbocycles. The van der Waals surface area contributed by atoms with Gasteiger partial charge in [-0.2, -0.15) is 0 Å². The SMILES string of the molecule is Nc1ccc(CC(=O)Nc2ccccc2N2CCOCC2)cc1. The molecule has 0 bridgehead atoms. The van der Waals surface area contributed by atoms with Gasteiger partial charge < -0.3 is 20.7 Å². The van der Waals surface area contributed by atoms with Crippen LogP contribution in [-0.4, -0.2) is 32.2 Å². The Bertz CT molecular complexity index is 664. The van der Waals surface area contributed by atoms with Gasteiger partial charge in [-0.15, -0.1) is 0 Å². The number of rotatable bonds is 4. The van der Waals surface area contributed by atoms with Gasteiger partial charge in [-0.05, 0) is 29.8 Å². The number of hydrogen-bond acceptors (Lipinski definition) is 4. The first-order valence-corrected chi connectivity index (χ1v) is 7.78. The van der Waals surface area contributed by atoms with Crippen LogP contribution in [0.4, 0.5) is 17.1 Å². The van der Waals surface area contributed by atoms with Gasteiger partial charge in [0.25, 0.3) is 0 Å². The van der Waals surface area contributed by atoms with E-state index in [1.807, 2.05) is 48.5 Å². The average Bonchev–Trinajstić information content (AvgIpc) is 2.58. The zero-order valence-electron chi connectivity index (χ0n) is 13.0. The van der Waals surface area contributed by atoms with Crippen LogP contribution in [0.2, 0.25) is 0 Å². The van der Waals surface area contributed by atoms with Crippen molar-refractivity contribution in [2.45, 2.75) is 6.42 Å². The smallest absolute Gasteiger partial charge is 0.228 e. The van der Waals surface area contributed by atoms with Gasteiger partial charge in [0.1, 0.15) is 0 Å². The number of para-hydroxylation sites is 2. The summed E-state index contributed by atoms with van der Waals surface area (Å²) in [7, 11) is 0. The number of benzene rings is 2. The highest BCUT2D eigenvalue weighted by Crippen LogP contribution is 2.26. The summed E-state index contributed by atoms with van der Waals surface area (Å²) >= 11 is 0. The van der Waals surface area contributed by atoms with Crippen LogP contribution in [0.3, 0.4) is 0 Å². The molecule has 1 saturated heterocycles. The predicted octanol–water partition coefficient (Wildman–Crippen LogP) is 2.29. The van der Waals surface area contributed by atoms with Gasteiger partial charge in [-0.1, -0.05) is 24.3 Å². The van der Waals surface area contributed by atoms with Crippen LogP contribution in [0.25, 0.3) is 0 Å². The normalized spacial score (nSPS) is 14.5. The Kier molecular flexibility index (Phi) is 4.78. The molecule has 0 unspecified atom stereocenters. The lowest BCUT2D eigenvalue weighted by molar-refractivity contribution is -0.115. The van der Waals surface area contributed by atoms with Crippen molar-refractivity contribution in [3.05, 3.63) is 54.1 Å². The molecule has 2 aromatic carbocycles. The molecule has 5 heteroatoms. The van der Waals surface area contributed by atoms with Gasteiger partial charge >= 0.3 is 0 Å². The summed E-state index contributed by atoms with van der Waals surface area (Å²) in [4.78, 5) is 14.6. The largest absolute Gasteiger partial charge is 0.399 e. The first-order valence-electron chi connectivity index (χ1n) is 7.78. The molecule has 120 valence electrons. The maximum Gasteiger partial charge on any atom is 0.228 e. The summed E-state index contributed by atoms with van der Waals surface area (Å²) in [5.41, 5.74) is 9.20. The predicted molar refractivity (Wildman–Crippen MR) is 92.7 cm³/mol. The molecular weight excluding hydrogens is 290 g/mol. The quantitative estimate of drug-likeness (QED) is 0.850. The number of anilines is 3. The van der Waals surface area contributed by atoms with Gasteiger partial charge in [0.15, 0.2) is 0 Å². The molecule has 0 aliphatic carbocycles. The van der Waals surface area contributed by atoms with Crippen molar-refractivity contribution in [1.29, 1.82) is 0 Å². The van der Waals surface area contributed by atoms with E-state index in [1.54, 1.807) is 0 Å². The zero-order chi connectivity index (χ0) is 16.1. The lowest BCUT2D eigenvalue weighted by atomic mass is 10.1. The fourth-order valence-corrected chi connectivity index (χ4v) is 2.67. The van der Waals surface area contributed by atoms with Crippen LogP contribution in [0.5, 0.6) is 0 Å². The number of hydrogen-bond donors (Lipinski definition) is 2. The number of carbonyl (C=O) groups is 1. The third-order valence-electron chi connectivity index (χ3n) is 3.87. The first kappa shape index (κ1) is 15.4. The number of ether oxygens (including phenoxy) is 1. The van der Waals surface area contributed by atoms with Crippen molar-refractivity contribution in [1.82, 2.24) is 0 Å². The lowest BCUT2D eigenvalue weighted by Crippen LogP contribution is -2.36. The van der Waals surface area contributed by atoms with Crippen LogP contribution in [-0.2, 0) is 16.0 Å². The van der Waals surface area contributed by atoms with E-state index in [9.17, 15) is 4.79 Å². The number of nitrogen functional groups attached to an aromatic ring is 1. The van der Waals surface area contributed by atoms with Crippen molar-refractivity contribution in [2.24, 2.45) is 0 Å². The molecule has 3 N–H and O–H groups in total. The van der Waals surface area contributed by atoms with Gasteiger partial charge in [0.2, 0.25) is 5.91 Å². The van der Waals surface area contributed by atoms with E-state index < -0.39 is 0 Å². The van der Waals surface area contributed by atoms with Crippen molar-refractivity contribution in [3.63, 3.8) is 0 Å². The summed E-state index contributed by atoms with van der Waals surface area (Å²) in [5.74, 6) is -0.0320. The minimum atomic E-state index is -0.0320. The molecule has 0 atom stereocenters. The van der Waals surface area contributed by atoms with E-state index in [0.717, 1.165) is 30.0 Å². The van der Waals surface area contributed by atoms with E-state index >= 15 is 0 Å². The fourth-order valence-electron chi connectivity index (χ4n) is 2.67. The minimum Gasteiger partial charge on any atom is -0.399 e. The summed E-state index contributed by atoms with van der Waals surface area (Å²) in [6, 6.07) is 15.3. The molecule has 0 radical (unpaired) electrons. The monoisotopic (exact) mass is 311 g/mol. The van der Waals surface area contributed by atoms with Crippen molar-refractivity contribution in [3.8, 4) is 0 Å². The summed E-state index contributed by atoms with van der Waals surface area (Å²) in [6.45, 7) is 3.11. The Morgan fingerprint density at radius 1 is 1.09 bits per heavy atom. The molecule has 0 aromatic heterocycles. The summed E-state index contributed by atoms with van der Waals surface area (Å²) < 4.78 is 5.39. The van der Waals surface area contributed by atoms with Crippen LogP contribution in [0, 0.1) is 0 Å². The molecule has 1 aliphatic heterocycles. The Hall–Kier alpha value is -2.53. The second kappa shape index (κ2) is 7.15. The molecular formula is C18H21N3O2. The fraction of sp³-hybridized carbons (Fsp3) is 0.278. The molecule has 5 nitrogen and oxygen atoms in total. The van der Waals surface area contributed by atoms with Crippen LogP contribution in [0.1, 0.15) is 5.56 Å². The van der Waals surface area contributed by atoms with Gasteiger partial charge in [-0.25, -0.2) is 0 Å². The molecule has 1 aliphatic rings. The van der Waals surface area contributed by atoms with Gasteiger partial charge in [-0.3, -0.25) is 4.79 Å². The topological polar surface area (TPSA) is 67.6 Å². The molecule has 2 aromatic rings. The molecule has 1 fully saturated rings. The molecule has 23 heavy (non-hydrogen) atoms. The van der Waals surface area contributed by atoms with Crippen molar-refractivity contribution in [2.75, 3.05) is 42.3 Å². The van der Waals surface area contributed by atoms with Gasteiger partial charge in [0, 0.05) is 18.8 Å². The zero-order valence-corrected chi connectivity index (χ0v) is 13.0. The number of carbonyl (C=O) groups excluding carboxylic acids is 1. The van der Waals surface area contributed by atoms with Gasteiger partial charge in [0.05, 0.1) is 31.0 Å². The second-order valence-corrected chi connectivity index (χ2v) is 5.58. The molecule has 1 heterocycles. The van der Waals surface area contributed by atoms with Crippen LogP contribution >= 0.6 is 0 Å². The van der Waals surface area contributed by atoms with E-state index in [4.69, 9.17) is 10.5 Å². The Morgan fingerprint density at radius 2 is 1.78 bits per heavy atom. The van der Waals surface area contributed by atoms with E-state index in [-0.39, 0.29) is 5.91 Å². The van der Waals surface area contributed by atoms with Crippen LogP contribution in [0.15, 0.2) is 48.5 Å². The Labute approximate surface area is 136 Å². The third kappa shape index (κ3) is 4.02. The summed E-state index contributed by atoms with van der Waals surface area (Å²) in [5, 5.41) is 3.02. The number of nitrogens with one attached hydrogen (secondary N) is 1. The Balaban J connectivity index is 1.69. The number of nitrogens with zero attached hydrogens (tertiary/aromatic N) is 1. The average molecular weight is 311 g/mol. The van der Waals surface area contributed by atoms with E-state index in [1.165, 1.54) is 0 Å². The maximum atomic E-state index is 12.3. The number of amides is 1. The molecule has 3 rings (SSSR count). The summed E-state index contributed by atoms with van der Waals surface area (Å²) in [6.07, 6.45) is 0.331. The van der Waals surface area contributed by atoms with Crippen molar-refractivity contribution < 1.29 is 9.53 Å². The highest BCUT2D eigenvalue weighted by Gasteiger charge is 2.15. The standard InChI is InChI=1S/C18H21N3O2/c19-15-7-5-14(6-8-15)13-18(22)20-16-3-1-2-4-17(16)21-9-11-23-12-10-21/h1-8H,9-13,19H2,(H,20,22). The second-order valence-electron chi connectivity index (χ2n) is 5.58. The first-order chi connectivity index (χ1) is 11.2. The van der Waals surface area contributed by atoms with E-state index in [0.29, 0.717) is 25.3 Å². The third-order valence-corrected chi connectivity index (χ3v) is 3.87. The van der Waals surface area contributed by atoms with E-state index in [2.05, 4.69) is 10.2 Å². The Morgan fingerprint density at radius 3 is 2.52 bits per heavy atom. The highest BCUT2D eigenvalue weighted by molar-refractivity contribution is 5.95. The molecule has 0 spiro atoms. The molecule has 1 amide bonds. The highest BCUT2D eigenvalue weighted by atomic mass is 16.5. The number of morpholine rings is 1. The lowest BCUT2D eigenvalue weighted by Gasteiger charge is -2.30. The van der Waals surface area contributed by atoms with Crippen molar-refractivity contribution >= 4 is 23.0 Å². The number of nitrogens with two attached hydrogens (primary N) is 1.